The van der Waals surface area contributed by atoms with Gasteiger partial charge in [-0.2, -0.15) is 79.0 Å². The number of alkyl halides is 19. The first-order chi connectivity index (χ1) is 15.6. The van der Waals surface area contributed by atoms with Crippen molar-refractivity contribution >= 4 is 0 Å². The van der Waals surface area contributed by atoms with Crippen molar-refractivity contribution in [1.82, 2.24) is 0 Å². The molecular formula is C16H9F19N+. The van der Waals surface area contributed by atoms with E-state index in [-0.39, 0.29) is 0 Å². The van der Waals surface area contributed by atoms with Crippen LogP contribution in [0, 0.1) is 0 Å². The highest BCUT2D eigenvalue weighted by Crippen LogP contribution is 2.66. The summed E-state index contributed by atoms with van der Waals surface area (Å²) in [5, 5.41) is 0. The quantitative estimate of drug-likeness (QED) is 0.220. The zero-order valence-electron chi connectivity index (χ0n) is 16.4. The van der Waals surface area contributed by atoms with Crippen LogP contribution in [0.4, 0.5) is 83.4 Å². The number of pyridine rings is 1. The number of aryl methyl sites for hydroxylation is 1. The van der Waals surface area contributed by atoms with Crippen molar-refractivity contribution in [3.8, 4) is 0 Å². The summed E-state index contributed by atoms with van der Waals surface area (Å²) in [5.41, 5.74) is -8.72. The standard InChI is InChI=1S/C16H9F19N/c17-8(18,4-7-36-5-2-1-3-6-36)10(20,21)12(24,25)14(28,29)13(26,27)11(22,23)9(19,15(30,31)32)16(33,34)35/h1-3,5-6H,4,7H2/q+1. The van der Waals surface area contributed by atoms with E-state index in [0.29, 0.717) is 4.57 Å². The fourth-order valence-corrected chi connectivity index (χ4v) is 2.56. The average Bonchev–Trinajstić information content (AvgIpc) is 2.69. The first kappa shape index (κ1) is 31.8. The maximum Gasteiger partial charge on any atom is 0.438 e. The van der Waals surface area contributed by atoms with Gasteiger partial charge in [0.05, 0.1) is 6.42 Å². The minimum Gasteiger partial charge on any atom is -0.216 e. The molecule has 36 heavy (non-hydrogen) atoms. The van der Waals surface area contributed by atoms with Crippen molar-refractivity contribution in [2.24, 2.45) is 0 Å². The number of rotatable bonds is 9. The van der Waals surface area contributed by atoms with Gasteiger partial charge in [0.2, 0.25) is 0 Å². The number of aromatic nitrogens is 1. The van der Waals surface area contributed by atoms with E-state index in [2.05, 4.69) is 0 Å². The smallest absolute Gasteiger partial charge is 0.216 e. The maximum atomic E-state index is 13.8. The lowest BCUT2D eigenvalue weighted by atomic mass is 9.83. The van der Waals surface area contributed by atoms with Crippen LogP contribution in [0.5, 0.6) is 0 Å². The van der Waals surface area contributed by atoms with Gasteiger partial charge in [-0.15, -0.1) is 0 Å². The first-order valence-electron chi connectivity index (χ1n) is 8.61. The Hall–Kier alpha value is -2.18. The van der Waals surface area contributed by atoms with Crippen LogP contribution in [-0.2, 0) is 6.54 Å². The van der Waals surface area contributed by atoms with Crippen molar-refractivity contribution in [3.05, 3.63) is 30.6 Å². The summed E-state index contributed by atoms with van der Waals surface area (Å²) in [6.45, 7) is -1.45. The van der Waals surface area contributed by atoms with Crippen LogP contribution < -0.4 is 4.57 Å². The van der Waals surface area contributed by atoms with E-state index >= 15 is 0 Å². The SMILES string of the molecule is FC(F)(F)C(F)(C(F)(F)F)C(F)(F)C(F)(F)C(F)(F)C(F)(F)C(F)(F)C(F)(F)CC[n+]1ccccc1. The van der Waals surface area contributed by atoms with Crippen LogP contribution in [-0.4, -0.2) is 53.6 Å². The number of hydrogen-bond acceptors (Lipinski definition) is 0. The van der Waals surface area contributed by atoms with E-state index in [9.17, 15) is 83.4 Å². The van der Waals surface area contributed by atoms with Gasteiger partial charge < -0.3 is 0 Å². The van der Waals surface area contributed by atoms with Crippen molar-refractivity contribution < 1.29 is 88.0 Å². The van der Waals surface area contributed by atoms with Crippen LogP contribution >= 0.6 is 0 Å². The molecule has 1 heterocycles. The normalized spacial score (nSPS) is 15.9. The highest BCUT2D eigenvalue weighted by atomic mass is 19.4. The van der Waals surface area contributed by atoms with Gasteiger partial charge in [-0.3, -0.25) is 0 Å². The minimum absolute atomic E-state index is 0.521. The Kier molecular flexibility index (Phi) is 7.69. The minimum atomic E-state index is -8.99. The first-order valence-corrected chi connectivity index (χ1v) is 8.61. The molecule has 1 rings (SSSR count). The molecule has 0 amide bonds. The third-order valence-electron chi connectivity index (χ3n) is 4.71. The highest BCUT2D eigenvalue weighted by Gasteiger charge is 2.98. The van der Waals surface area contributed by atoms with Crippen LogP contribution in [0.1, 0.15) is 6.42 Å². The predicted octanol–water partition coefficient (Wildman–Crippen LogP) is 7.01. The van der Waals surface area contributed by atoms with Gasteiger partial charge in [0.1, 0.15) is 0 Å². The van der Waals surface area contributed by atoms with Gasteiger partial charge in [-0.1, -0.05) is 6.07 Å². The fraction of sp³-hybridized carbons (Fsp3) is 0.688. The molecule has 0 N–H and O–H groups in total. The van der Waals surface area contributed by atoms with E-state index < -0.39 is 66.5 Å². The summed E-state index contributed by atoms with van der Waals surface area (Å²) in [5.74, 6) is -49.6. The summed E-state index contributed by atoms with van der Waals surface area (Å²) < 4.78 is 252. The van der Waals surface area contributed by atoms with E-state index in [0.717, 1.165) is 24.5 Å². The maximum absolute atomic E-state index is 13.8. The molecular weight excluding hydrogens is 567 g/mol. The second-order valence-electron chi connectivity index (χ2n) is 7.09. The van der Waals surface area contributed by atoms with Gasteiger partial charge in [0.15, 0.2) is 18.9 Å². The third-order valence-corrected chi connectivity index (χ3v) is 4.71. The Bertz CT molecular complexity index is 884. The Morgan fingerprint density at radius 2 is 0.750 bits per heavy atom. The second-order valence-corrected chi connectivity index (χ2v) is 7.09. The van der Waals surface area contributed by atoms with Crippen LogP contribution in [0.2, 0.25) is 0 Å². The largest absolute Gasteiger partial charge is 0.438 e. The molecule has 210 valence electrons. The van der Waals surface area contributed by atoms with E-state index in [4.69, 9.17) is 0 Å². The van der Waals surface area contributed by atoms with Gasteiger partial charge in [0.25, 0.3) is 0 Å². The molecule has 0 radical (unpaired) electrons. The molecule has 0 aliphatic heterocycles. The third kappa shape index (κ3) is 4.30. The van der Waals surface area contributed by atoms with Gasteiger partial charge in [-0.25, -0.2) is 8.96 Å². The summed E-state index contributed by atoms with van der Waals surface area (Å²) in [7, 11) is 0. The lowest BCUT2D eigenvalue weighted by Gasteiger charge is -2.45. The number of halogens is 19. The highest BCUT2D eigenvalue weighted by molar-refractivity contribution is 5.19. The molecule has 1 aromatic heterocycles. The lowest BCUT2D eigenvalue weighted by Crippen LogP contribution is -2.77. The van der Waals surface area contributed by atoms with Crippen molar-refractivity contribution in [2.75, 3.05) is 0 Å². The van der Waals surface area contributed by atoms with Crippen LogP contribution in [0.3, 0.4) is 0 Å². The lowest BCUT2D eigenvalue weighted by molar-refractivity contribution is -0.700. The predicted molar refractivity (Wildman–Crippen MR) is 76.9 cm³/mol. The molecule has 0 aliphatic rings. The van der Waals surface area contributed by atoms with Gasteiger partial charge >= 0.3 is 53.6 Å². The molecule has 0 aromatic carbocycles. The molecule has 20 heteroatoms. The summed E-state index contributed by atoms with van der Waals surface area (Å²) in [4.78, 5) is 0. The van der Waals surface area contributed by atoms with E-state index in [1.807, 2.05) is 0 Å². The molecule has 0 aliphatic carbocycles. The average molecular weight is 576 g/mol. The Morgan fingerprint density at radius 3 is 1.11 bits per heavy atom. The molecule has 0 saturated heterocycles. The molecule has 0 spiro atoms. The summed E-state index contributed by atoms with van der Waals surface area (Å²) in [6, 6.07) is 3.27. The number of hydrogen-bond donors (Lipinski definition) is 0. The molecule has 0 fully saturated rings. The van der Waals surface area contributed by atoms with Crippen LogP contribution in [0.15, 0.2) is 30.6 Å². The van der Waals surface area contributed by atoms with E-state index in [1.165, 1.54) is 6.07 Å². The molecule has 0 bridgehead atoms. The Balaban J connectivity index is 3.63. The Morgan fingerprint density at radius 1 is 0.417 bits per heavy atom. The number of nitrogens with zero attached hydrogens (tertiary/aromatic N) is 1. The zero-order valence-corrected chi connectivity index (χ0v) is 16.4. The van der Waals surface area contributed by atoms with Gasteiger partial charge in [0, 0.05) is 12.1 Å². The molecule has 1 aromatic rings. The monoisotopic (exact) mass is 576 g/mol. The summed E-state index contributed by atoms with van der Waals surface area (Å²) >= 11 is 0. The fourth-order valence-electron chi connectivity index (χ4n) is 2.56. The summed E-state index contributed by atoms with van der Waals surface area (Å²) in [6.07, 6.45) is -17.5. The molecule has 1 nitrogen and oxygen atoms in total. The zero-order chi connectivity index (χ0) is 29.0. The topological polar surface area (TPSA) is 3.88 Å². The van der Waals surface area contributed by atoms with Crippen LogP contribution in [0.25, 0.3) is 0 Å². The second kappa shape index (κ2) is 8.70. The van der Waals surface area contributed by atoms with Crippen molar-refractivity contribution in [1.29, 1.82) is 0 Å². The van der Waals surface area contributed by atoms with Gasteiger partial charge in [-0.05, 0) is 0 Å². The van der Waals surface area contributed by atoms with E-state index in [1.54, 1.807) is 0 Å². The van der Waals surface area contributed by atoms with Crippen molar-refractivity contribution in [2.45, 2.75) is 66.5 Å². The van der Waals surface area contributed by atoms with Crippen molar-refractivity contribution in [3.63, 3.8) is 0 Å². The molecule has 0 atom stereocenters. The molecule has 0 unspecified atom stereocenters. The Labute approximate surface area is 186 Å². The molecule has 0 saturated carbocycles.